The monoisotopic (exact) mass is 481 g/mol. The van der Waals surface area contributed by atoms with Crippen LogP contribution >= 0.6 is 23.5 Å². The Hall–Kier alpha value is -3.36. The summed E-state index contributed by atoms with van der Waals surface area (Å²) in [6.07, 6.45) is 3.14. The van der Waals surface area contributed by atoms with Crippen molar-refractivity contribution in [1.82, 2.24) is 15.0 Å². The Balaban J connectivity index is 1.59. The number of anilines is 2. The zero-order valence-electron chi connectivity index (χ0n) is 18.2. The lowest BCUT2D eigenvalue weighted by molar-refractivity contribution is 0.456. The van der Waals surface area contributed by atoms with Crippen LogP contribution in [0, 0.1) is 13.8 Å². The van der Waals surface area contributed by atoms with Crippen molar-refractivity contribution >= 4 is 35.2 Å². The Kier molecular flexibility index (Phi) is 6.96. The second-order valence-corrected chi connectivity index (χ2v) is 8.51. The summed E-state index contributed by atoms with van der Waals surface area (Å²) in [6, 6.07) is 16.9. The fourth-order valence-electron chi connectivity index (χ4n) is 3.22. The number of ether oxygens (including phenoxy) is 1. The summed E-state index contributed by atoms with van der Waals surface area (Å²) in [5.41, 5.74) is 3.94. The molecule has 4 rings (SSSR count). The van der Waals surface area contributed by atoms with Crippen LogP contribution in [0.1, 0.15) is 11.1 Å². The number of pyridine rings is 1. The maximum absolute atomic E-state index is 13.6. The Bertz CT molecular complexity index is 1260. The molecule has 4 aromatic rings. The molecule has 6 nitrogen and oxygen atoms in total. The van der Waals surface area contributed by atoms with Crippen LogP contribution in [0.15, 0.2) is 71.9 Å². The van der Waals surface area contributed by atoms with Gasteiger partial charge in [0.25, 0.3) is 5.95 Å². The highest BCUT2D eigenvalue weighted by Gasteiger charge is 2.15. The third-order valence-corrected chi connectivity index (χ3v) is 6.10. The Labute approximate surface area is 200 Å². The van der Waals surface area contributed by atoms with E-state index in [1.54, 1.807) is 18.3 Å². The Morgan fingerprint density at radius 1 is 1.00 bits per heavy atom. The van der Waals surface area contributed by atoms with Gasteiger partial charge in [-0.2, -0.15) is 5.12 Å². The molecule has 33 heavy (non-hydrogen) atoms. The molecule has 168 valence electrons. The van der Waals surface area contributed by atoms with E-state index in [0.29, 0.717) is 33.0 Å². The van der Waals surface area contributed by atoms with Gasteiger partial charge in [-0.3, -0.25) is 0 Å². The molecule has 0 aliphatic rings. The van der Waals surface area contributed by atoms with Crippen LogP contribution in [0.4, 0.5) is 16.1 Å². The zero-order valence-corrected chi connectivity index (χ0v) is 19.8. The first-order chi connectivity index (χ1) is 15.9. The third kappa shape index (κ3) is 5.35. The molecule has 0 unspecified atom stereocenters. The van der Waals surface area contributed by atoms with Gasteiger partial charge in [-0.1, -0.05) is 28.2 Å². The summed E-state index contributed by atoms with van der Waals surface area (Å²) in [5.74, 6) is 1.03. The summed E-state index contributed by atoms with van der Waals surface area (Å²) in [5, 5.41) is 1.05. The van der Waals surface area contributed by atoms with Crippen LogP contribution in [0.3, 0.4) is 0 Å². The van der Waals surface area contributed by atoms with Crippen molar-refractivity contribution in [3.8, 4) is 22.9 Å². The second kappa shape index (κ2) is 10.1. The average molecular weight is 482 g/mol. The Morgan fingerprint density at radius 2 is 1.76 bits per heavy atom. The largest absolute Gasteiger partial charge is 0.438 e. The lowest BCUT2D eigenvalue weighted by Crippen LogP contribution is -2.07. The number of rotatable bonds is 7. The smallest absolute Gasteiger partial charge is 0.254 e. The first kappa shape index (κ1) is 22.8. The van der Waals surface area contributed by atoms with E-state index in [0.717, 1.165) is 21.7 Å². The van der Waals surface area contributed by atoms with Crippen molar-refractivity contribution in [2.75, 3.05) is 16.9 Å². The molecule has 0 bridgehead atoms. The summed E-state index contributed by atoms with van der Waals surface area (Å²) < 4.78 is 23.1. The summed E-state index contributed by atoms with van der Waals surface area (Å²) in [6.45, 7) is 3.94. The standard InChI is InChI=1S/C24H21ClFN5OS/c1-15-13-17(30-33-21-9-5-4-8-19(21)25)14-16(2)22(15)32-23-18(7-6-11-27-23)20-10-12-28-24(29-20)31(3)26/h4-14,30H,1-3H3. The van der Waals surface area contributed by atoms with Crippen LogP contribution in [0.2, 0.25) is 5.02 Å². The van der Waals surface area contributed by atoms with E-state index < -0.39 is 0 Å². The van der Waals surface area contributed by atoms with E-state index in [1.807, 2.05) is 56.3 Å². The zero-order chi connectivity index (χ0) is 23.4. The van der Waals surface area contributed by atoms with Crippen LogP contribution in [-0.4, -0.2) is 22.0 Å². The van der Waals surface area contributed by atoms with E-state index in [-0.39, 0.29) is 5.95 Å². The molecule has 2 heterocycles. The van der Waals surface area contributed by atoms with Gasteiger partial charge in [0.05, 0.1) is 16.3 Å². The van der Waals surface area contributed by atoms with Gasteiger partial charge in [0.2, 0.25) is 5.88 Å². The van der Waals surface area contributed by atoms with Crippen LogP contribution < -0.4 is 14.6 Å². The highest BCUT2D eigenvalue weighted by atomic mass is 35.5. The maximum atomic E-state index is 13.6. The number of benzene rings is 2. The van der Waals surface area contributed by atoms with Gasteiger partial charge in [0.15, 0.2) is 0 Å². The van der Waals surface area contributed by atoms with Gasteiger partial charge in [0.1, 0.15) is 5.75 Å². The SMILES string of the molecule is Cc1cc(NSc2ccccc2Cl)cc(C)c1Oc1ncccc1-c1ccnc(N(C)F)n1. The van der Waals surface area contributed by atoms with Gasteiger partial charge in [0, 0.05) is 30.0 Å². The Morgan fingerprint density at radius 3 is 2.48 bits per heavy atom. The predicted molar refractivity (Wildman–Crippen MR) is 132 cm³/mol. The fourth-order valence-corrected chi connectivity index (χ4v) is 4.13. The molecule has 0 aliphatic carbocycles. The maximum Gasteiger partial charge on any atom is 0.254 e. The van der Waals surface area contributed by atoms with Gasteiger partial charge >= 0.3 is 0 Å². The molecule has 0 saturated carbocycles. The molecule has 1 N–H and O–H groups in total. The van der Waals surface area contributed by atoms with Crippen molar-refractivity contribution in [3.05, 3.63) is 83.1 Å². The van der Waals surface area contributed by atoms with E-state index in [9.17, 15) is 4.48 Å². The van der Waals surface area contributed by atoms with Crippen LogP contribution in [0.5, 0.6) is 11.6 Å². The molecule has 0 fully saturated rings. The van der Waals surface area contributed by atoms with Crippen LogP contribution in [0.25, 0.3) is 11.3 Å². The van der Waals surface area contributed by atoms with E-state index >= 15 is 0 Å². The summed E-state index contributed by atoms with van der Waals surface area (Å²) in [4.78, 5) is 13.5. The molecule has 0 atom stereocenters. The number of aryl methyl sites for hydroxylation is 2. The molecule has 0 spiro atoms. The minimum atomic E-state index is -0.0406. The predicted octanol–water partition coefficient (Wildman–Crippen LogP) is 7.04. The van der Waals surface area contributed by atoms with E-state index in [4.69, 9.17) is 16.3 Å². The van der Waals surface area contributed by atoms with E-state index in [1.165, 1.54) is 25.2 Å². The first-order valence-corrected chi connectivity index (χ1v) is 11.3. The molecular weight excluding hydrogens is 461 g/mol. The number of hydrogen-bond donors (Lipinski definition) is 1. The van der Waals surface area contributed by atoms with Crippen molar-refractivity contribution in [1.29, 1.82) is 0 Å². The lowest BCUT2D eigenvalue weighted by Gasteiger charge is -2.16. The average Bonchev–Trinajstić information content (AvgIpc) is 2.81. The van der Waals surface area contributed by atoms with Gasteiger partial charge < -0.3 is 9.46 Å². The number of halogens is 2. The van der Waals surface area contributed by atoms with Gasteiger partial charge in [-0.15, -0.1) is 0 Å². The normalized spacial score (nSPS) is 10.7. The molecule has 9 heteroatoms. The quantitative estimate of drug-likeness (QED) is 0.224. The highest BCUT2D eigenvalue weighted by Crippen LogP contribution is 2.36. The first-order valence-electron chi connectivity index (χ1n) is 10.1. The number of aromatic nitrogens is 3. The molecular formula is C24H21ClFN5OS. The second-order valence-electron chi connectivity index (χ2n) is 7.25. The van der Waals surface area contributed by atoms with Crippen LogP contribution in [-0.2, 0) is 0 Å². The molecule has 0 radical (unpaired) electrons. The minimum absolute atomic E-state index is 0.0406. The van der Waals surface area contributed by atoms with E-state index in [2.05, 4.69) is 19.7 Å². The van der Waals surface area contributed by atoms with Gasteiger partial charge in [-0.05, 0) is 79.4 Å². The van der Waals surface area contributed by atoms with Crippen molar-refractivity contribution in [3.63, 3.8) is 0 Å². The molecule has 2 aromatic carbocycles. The van der Waals surface area contributed by atoms with Crippen molar-refractivity contribution in [2.45, 2.75) is 18.7 Å². The fraction of sp³-hybridized carbons (Fsp3) is 0.125. The molecule has 0 amide bonds. The topological polar surface area (TPSA) is 63.2 Å². The van der Waals surface area contributed by atoms with Gasteiger partial charge in [-0.25, -0.2) is 15.0 Å². The van der Waals surface area contributed by atoms with Crippen molar-refractivity contribution in [2.24, 2.45) is 0 Å². The summed E-state index contributed by atoms with van der Waals surface area (Å²) in [7, 11) is 1.24. The number of nitrogens with one attached hydrogen (secondary N) is 1. The lowest BCUT2D eigenvalue weighted by atomic mass is 10.1. The number of nitrogens with zero attached hydrogens (tertiary/aromatic N) is 4. The minimum Gasteiger partial charge on any atom is -0.438 e. The number of hydrogen-bond acceptors (Lipinski definition) is 7. The molecule has 0 saturated heterocycles. The molecule has 2 aromatic heterocycles. The highest BCUT2D eigenvalue weighted by molar-refractivity contribution is 8.00. The summed E-state index contributed by atoms with van der Waals surface area (Å²) >= 11 is 7.69. The molecule has 0 aliphatic heterocycles. The van der Waals surface area contributed by atoms with Crippen molar-refractivity contribution < 1.29 is 9.22 Å². The third-order valence-electron chi connectivity index (χ3n) is 4.74.